The molecule has 21 heavy (non-hydrogen) atoms. The Labute approximate surface area is 125 Å². The molecular formula is C15H23N3O3. The fourth-order valence-corrected chi connectivity index (χ4v) is 2.57. The quantitative estimate of drug-likeness (QED) is 0.645. The molecule has 0 spiro atoms. The third kappa shape index (κ3) is 3.64. The van der Waals surface area contributed by atoms with Crippen LogP contribution in [0.25, 0.3) is 0 Å². The molecule has 2 rings (SSSR count). The van der Waals surface area contributed by atoms with E-state index >= 15 is 0 Å². The summed E-state index contributed by atoms with van der Waals surface area (Å²) in [5.74, 6) is 0. The number of morpholine rings is 1. The average molecular weight is 293 g/mol. The van der Waals surface area contributed by atoms with Gasteiger partial charge in [-0.05, 0) is 25.0 Å². The molecule has 1 fully saturated rings. The number of nitro groups is 1. The van der Waals surface area contributed by atoms with Gasteiger partial charge < -0.3 is 15.0 Å². The molecule has 1 unspecified atom stereocenters. The maximum Gasteiger partial charge on any atom is 0.315 e. The fraction of sp³-hybridized carbons (Fsp3) is 0.600. The van der Waals surface area contributed by atoms with E-state index < -0.39 is 0 Å². The lowest BCUT2D eigenvalue weighted by Crippen LogP contribution is -2.42. The number of rotatable bonds is 6. The van der Waals surface area contributed by atoms with Gasteiger partial charge in [0.15, 0.2) is 0 Å². The van der Waals surface area contributed by atoms with Crippen LogP contribution >= 0.6 is 0 Å². The van der Waals surface area contributed by atoms with E-state index in [0.717, 1.165) is 19.4 Å². The Morgan fingerprint density at radius 3 is 2.95 bits per heavy atom. The van der Waals surface area contributed by atoms with Crippen LogP contribution in [0.5, 0.6) is 0 Å². The van der Waals surface area contributed by atoms with E-state index in [1.54, 1.807) is 6.07 Å². The van der Waals surface area contributed by atoms with Crippen molar-refractivity contribution in [3.05, 3.63) is 28.3 Å². The highest BCUT2D eigenvalue weighted by atomic mass is 16.6. The number of benzene rings is 1. The highest BCUT2D eigenvalue weighted by molar-refractivity contribution is 5.77. The van der Waals surface area contributed by atoms with Crippen LogP contribution in [-0.4, -0.2) is 37.3 Å². The Balaban J connectivity index is 2.31. The standard InChI is InChI=1S/C15H23N3O3/c1-3-8-16-13-6-5-7-14(15(13)18(19)20)17-9-10-21-12(4-2)11-17/h5-7,12,16H,3-4,8-11H2,1-2H3. The van der Waals surface area contributed by atoms with Gasteiger partial charge >= 0.3 is 5.69 Å². The Bertz CT molecular complexity index is 493. The zero-order valence-electron chi connectivity index (χ0n) is 12.7. The Hall–Kier alpha value is -1.82. The van der Waals surface area contributed by atoms with Crippen LogP contribution < -0.4 is 10.2 Å². The van der Waals surface area contributed by atoms with E-state index in [1.807, 2.05) is 19.1 Å². The molecule has 1 N–H and O–H groups in total. The molecule has 1 heterocycles. The van der Waals surface area contributed by atoms with E-state index in [0.29, 0.717) is 31.1 Å². The van der Waals surface area contributed by atoms with Gasteiger partial charge in [-0.1, -0.05) is 19.9 Å². The molecule has 116 valence electrons. The lowest BCUT2D eigenvalue weighted by atomic mass is 10.1. The predicted molar refractivity (Wildman–Crippen MR) is 84.1 cm³/mol. The molecule has 0 aliphatic carbocycles. The zero-order valence-corrected chi connectivity index (χ0v) is 12.7. The molecule has 0 amide bonds. The fourth-order valence-electron chi connectivity index (χ4n) is 2.57. The van der Waals surface area contributed by atoms with Crippen LogP contribution in [0.4, 0.5) is 17.1 Å². The van der Waals surface area contributed by atoms with Crippen molar-refractivity contribution in [1.29, 1.82) is 0 Å². The first-order valence-corrected chi connectivity index (χ1v) is 7.55. The molecule has 0 radical (unpaired) electrons. The molecule has 1 saturated heterocycles. The summed E-state index contributed by atoms with van der Waals surface area (Å²) in [5.41, 5.74) is 1.45. The van der Waals surface area contributed by atoms with Crippen LogP contribution in [0.2, 0.25) is 0 Å². The summed E-state index contributed by atoms with van der Waals surface area (Å²) < 4.78 is 5.65. The van der Waals surface area contributed by atoms with Gasteiger partial charge in [0.05, 0.1) is 17.6 Å². The van der Waals surface area contributed by atoms with E-state index in [9.17, 15) is 10.1 Å². The normalized spacial score (nSPS) is 18.6. The molecule has 6 nitrogen and oxygen atoms in total. The predicted octanol–water partition coefficient (Wildman–Crippen LogP) is 3.03. The van der Waals surface area contributed by atoms with Gasteiger partial charge in [0.2, 0.25) is 0 Å². The molecule has 1 aromatic carbocycles. The minimum absolute atomic E-state index is 0.144. The van der Waals surface area contributed by atoms with Crippen molar-refractivity contribution in [2.24, 2.45) is 0 Å². The summed E-state index contributed by atoms with van der Waals surface area (Å²) in [5, 5.41) is 14.7. The summed E-state index contributed by atoms with van der Waals surface area (Å²) in [6.07, 6.45) is 1.99. The van der Waals surface area contributed by atoms with Gasteiger partial charge in [0.1, 0.15) is 11.4 Å². The van der Waals surface area contributed by atoms with Crippen LogP contribution in [0.1, 0.15) is 26.7 Å². The highest BCUT2D eigenvalue weighted by Crippen LogP contribution is 2.36. The van der Waals surface area contributed by atoms with E-state index in [2.05, 4.69) is 17.1 Å². The van der Waals surface area contributed by atoms with Gasteiger partial charge in [0, 0.05) is 19.6 Å². The zero-order chi connectivity index (χ0) is 15.2. The summed E-state index contributed by atoms with van der Waals surface area (Å²) in [7, 11) is 0. The minimum Gasteiger partial charge on any atom is -0.379 e. The van der Waals surface area contributed by atoms with Crippen molar-refractivity contribution < 1.29 is 9.66 Å². The molecular weight excluding hydrogens is 270 g/mol. The third-order valence-corrected chi connectivity index (χ3v) is 3.70. The molecule has 0 bridgehead atoms. The first kappa shape index (κ1) is 15.6. The van der Waals surface area contributed by atoms with Crippen molar-refractivity contribution in [1.82, 2.24) is 0 Å². The Morgan fingerprint density at radius 1 is 1.48 bits per heavy atom. The SMILES string of the molecule is CCCNc1cccc(N2CCOC(CC)C2)c1[N+](=O)[O-]. The summed E-state index contributed by atoms with van der Waals surface area (Å²) in [6.45, 7) is 6.84. The van der Waals surface area contributed by atoms with Crippen molar-refractivity contribution in [2.75, 3.05) is 36.5 Å². The lowest BCUT2D eigenvalue weighted by molar-refractivity contribution is -0.383. The van der Waals surface area contributed by atoms with Crippen molar-refractivity contribution in [3.8, 4) is 0 Å². The van der Waals surface area contributed by atoms with Crippen molar-refractivity contribution in [2.45, 2.75) is 32.8 Å². The number of nitrogens with one attached hydrogen (secondary N) is 1. The Kier molecular flexibility index (Phi) is 5.38. The average Bonchev–Trinajstić information content (AvgIpc) is 2.52. The monoisotopic (exact) mass is 293 g/mol. The topological polar surface area (TPSA) is 67.6 Å². The molecule has 1 aliphatic heterocycles. The van der Waals surface area contributed by atoms with Gasteiger partial charge in [-0.2, -0.15) is 0 Å². The van der Waals surface area contributed by atoms with Gasteiger partial charge in [-0.25, -0.2) is 0 Å². The molecule has 1 aliphatic rings. The number of ether oxygens (including phenoxy) is 1. The second kappa shape index (κ2) is 7.26. The maximum absolute atomic E-state index is 11.5. The van der Waals surface area contributed by atoms with Crippen LogP contribution in [0.3, 0.4) is 0 Å². The largest absolute Gasteiger partial charge is 0.379 e. The maximum atomic E-state index is 11.5. The minimum atomic E-state index is -0.288. The van der Waals surface area contributed by atoms with Gasteiger partial charge in [-0.15, -0.1) is 0 Å². The number of para-hydroxylation sites is 1. The van der Waals surface area contributed by atoms with E-state index in [1.165, 1.54) is 0 Å². The van der Waals surface area contributed by atoms with Crippen molar-refractivity contribution in [3.63, 3.8) is 0 Å². The number of anilines is 2. The third-order valence-electron chi connectivity index (χ3n) is 3.70. The number of hydrogen-bond donors (Lipinski definition) is 1. The van der Waals surface area contributed by atoms with Gasteiger partial charge in [0.25, 0.3) is 0 Å². The molecule has 0 saturated carbocycles. The van der Waals surface area contributed by atoms with Crippen LogP contribution in [0, 0.1) is 10.1 Å². The van der Waals surface area contributed by atoms with Crippen LogP contribution in [-0.2, 0) is 4.74 Å². The first-order valence-electron chi connectivity index (χ1n) is 7.55. The molecule has 1 atom stereocenters. The summed E-state index contributed by atoms with van der Waals surface area (Å²) in [4.78, 5) is 13.3. The number of hydrogen-bond acceptors (Lipinski definition) is 5. The summed E-state index contributed by atoms with van der Waals surface area (Å²) in [6, 6.07) is 5.47. The van der Waals surface area contributed by atoms with E-state index in [-0.39, 0.29) is 16.7 Å². The second-order valence-electron chi connectivity index (χ2n) is 5.20. The van der Waals surface area contributed by atoms with Crippen LogP contribution in [0.15, 0.2) is 18.2 Å². The molecule has 0 aromatic heterocycles. The second-order valence-corrected chi connectivity index (χ2v) is 5.20. The smallest absolute Gasteiger partial charge is 0.315 e. The van der Waals surface area contributed by atoms with Crippen molar-refractivity contribution >= 4 is 17.1 Å². The van der Waals surface area contributed by atoms with E-state index in [4.69, 9.17) is 4.74 Å². The molecule has 1 aromatic rings. The number of nitrogens with zero attached hydrogens (tertiary/aromatic N) is 2. The number of nitro benzene ring substituents is 1. The van der Waals surface area contributed by atoms with Gasteiger partial charge in [-0.3, -0.25) is 10.1 Å². The first-order chi connectivity index (χ1) is 10.2. The Morgan fingerprint density at radius 2 is 2.29 bits per heavy atom. The summed E-state index contributed by atoms with van der Waals surface area (Å²) >= 11 is 0. The lowest BCUT2D eigenvalue weighted by Gasteiger charge is -2.34. The highest BCUT2D eigenvalue weighted by Gasteiger charge is 2.27. The molecule has 6 heteroatoms.